The third-order valence-corrected chi connectivity index (χ3v) is 4.38. The Morgan fingerprint density at radius 2 is 2.00 bits per heavy atom. The van der Waals surface area contributed by atoms with Crippen molar-refractivity contribution in [1.82, 2.24) is 15.1 Å². The number of rotatable bonds is 4. The Balaban J connectivity index is 2.10. The molecule has 0 aromatic carbocycles. The lowest BCUT2D eigenvalue weighted by Gasteiger charge is -2.33. The number of aliphatic carboxylic acids is 1. The summed E-state index contributed by atoms with van der Waals surface area (Å²) in [5.74, 6) is -1.17. The summed E-state index contributed by atoms with van der Waals surface area (Å²) in [5, 5.41) is 16.6. The van der Waals surface area contributed by atoms with Crippen molar-refractivity contribution in [3.05, 3.63) is 17.5 Å². The zero-order valence-corrected chi connectivity index (χ0v) is 14.2. The Bertz CT molecular complexity index is 595. The fraction of sp³-hybridized carbons (Fsp3) is 0.688. The first-order valence-corrected chi connectivity index (χ1v) is 7.82. The van der Waals surface area contributed by atoms with Crippen LogP contribution in [0.2, 0.25) is 0 Å². The van der Waals surface area contributed by atoms with Gasteiger partial charge in [-0.15, -0.1) is 0 Å². The van der Waals surface area contributed by atoms with Crippen molar-refractivity contribution in [2.24, 2.45) is 5.41 Å². The van der Waals surface area contributed by atoms with Gasteiger partial charge < -0.3 is 15.2 Å². The van der Waals surface area contributed by atoms with Crippen LogP contribution in [0.4, 0.5) is 0 Å². The Morgan fingerprint density at radius 1 is 1.39 bits per heavy atom. The molecule has 1 aromatic heterocycles. The van der Waals surface area contributed by atoms with Crippen molar-refractivity contribution < 1.29 is 19.4 Å². The average Bonchev–Trinajstić information content (AvgIpc) is 2.87. The van der Waals surface area contributed by atoms with E-state index in [0.29, 0.717) is 31.6 Å². The number of nitrogens with zero attached hydrogens (tertiary/aromatic N) is 2. The van der Waals surface area contributed by atoms with Gasteiger partial charge in [-0.1, -0.05) is 0 Å². The van der Waals surface area contributed by atoms with E-state index in [1.54, 1.807) is 4.68 Å². The molecular formula is C16H25N3O4. The standard InChI is InChI=1S/C16H25N3O4/c1-11-12(9-18-19(11)15(2,3)4)13(20)17-10-16(14(21)22)5-7-23-8-6-16/h9H,5-8,10H2,1-4H3,(H,17,20)(H,21,22). The third kappa shape index (κ3) is 3.55. The summed E-state index contributed by atoms with van der Waals surface area (Å²) in [4.78, 5) is 24.0. The van der Waals surface area contributed by atoms with E-state index in [-0.39, 0.29) is 18.0 Å². The second-order valence-electron chi connectivity index (χ2n) is 7.11. The fourth-order valence-corrected chi connectivity index (χ4v) is 2.88. The number of aromatic nitrogens is 2. The summed E-state index contributed by atoms with van der Waals surface area (Å²) < 4.78 is 7.03. The lowest BCUT2D eigenvalue weighted by molar-refractivity contribution is -0.154. The molecule has 1 aromatic rings. The molecule has 1 aliphatic heterocycles. The molecule has 0 atom stereocenters. The van der Waals surface area contributed by atoms with E-state index >= 15 is 0 Å². The predicted octanol–water partition coefficient (Wildman–Crippen LogP) is 1.56. The van der Waals surface area contributed by atoms with E-state index < -0.39 is 11.4 Å². The van der Waals surface area contributed by atoms with Gasteiger partial charge in [0, 0.05) is 25.5 Å². The van der Waals surface area contributed by atoms with Gasteiger partial charge in [0.2, 0.25) is 0 Å². The minimum absolute atomic E-state index is 0.102. The maximum absolute atomic E-state index is 12.4. The van der Waals surface area contributed by atoms with Gasteiger partial charge in [0.1, 0.15) is 0 Å². The highest BCUT2D eigenvalue weighted by molar-refractivity contribution is 5.95. The minimum Gasteiger partial charge on any atom is -0.481 e. The number of nitrogens with one attached hydrogen (secondary N) is 1. The zero-order chi connectivity index (χ0) is 17.3. The van der Waals surface area contributed by atoms with Crippen molar-refractivity contribution >= 4 is 11.9 Å². The highest BCUT2D eigenvalue weighted by Gasteiger charge is 2.40. The molecule has 128 valence electrons. The second-order valence-corrected chi connectivity index (χ2v) is 7.11. The number of ether oxygens (including phenoxy) is 1. The number of carboxylic acids is 1. The largest absolute Gasteiger partial charge is 0.481 e. The van der Waals surface area contributed by atoms with Crippen LogP contribution in [0.5, 0.6) is 0 Å². The summed E-state index contributed by atoms with van der Waals surface area (Å²) in [5.41, 5.74) is 0.0897. The van der Waals surface area contributed by atoms with Gasteiger partial charge in [0.05, 0.1) is 22.7 Å². The summed E-state index contributed by atoms with van der Waals surface area (Å²) in [6.07, 6.45) is 2.35. The molecule has 1 aliphatic rings. The fourth-order valence-electron chi connectivity index (χ4n) is 2.88. The van der Waals surface area contributed by atoms with E-state index in [1.165, 1.54) is 6.20 Å². The van der Waals surface area contributed by atoms with Gasteiger partial charge in [-0.25, -0.2) is 0 Å². The van der Waals surface area contributed by atoms with Crippen LogP contribution in [0.25, 0.3) is 0 Å². The molecule has 0 aliphatic carbocycles. The van der Waals surface area contributed by atoms with E-state index in [2.05, 4.69) is 10.4 Å². The molecule has 23 heavy (non-hydrogen) atoms. The average molecular weight is 323 g/mol. The normalized spacial score (nSPS) is 17.7. The summed E-state index contributed by atoms with van der Waals surface area (Å²) in [7, 11) is 0. The molecule has 7 heteroatoms. The number of carboxylic acid groups (broad SMARTS) is 1. The Morgan fingerprint density at radius 3 is 2.48 bits per heavy atom. The Labute approximate surface area is 136 Å². The number of carbonyl (C=O) groups is 2. The number of hydrogen-bond donors (Lipinski definition) is 2. The summed E-state index contributed by atoms with van der Waals surface area (Å²) >= 11 is 0. The Kier molecular flexibility index (Phi) is 4.79. The molecule has 2 rings (SSSR count). The van der Waals surface area contributed by atoms with E-state index in [1.807, 2.05) is 27.7 Å². The van der Waals surface area contributed by atoms with Crippen LogP contribution in [-0.2, 0) is 15.1 Å². The predicted molar refractivity (Wildman–Crippen MR) is 84.4 cm³/mol. The van der Waals surface area contributed by atoms with Crippen LogP contribution in [0.15, 0.2) is 6.20 Å². The van der Waals surface area contributed by atoms with Gasteiger partial charge >= 0.3 is 5.97 Å². The molecular weight excluding hydrogens is 298 g/mol. The highest BCUT2D eigenvalue weighted by Crippen LogP contribution is 2.30. The molecule has 0 saturated carbocycles. The summed E-state index contributed by atoms with van der Waals surface area (Å²) in [6, 6.07) is 0. The smallest absolute Gasteiger partial charge is 0.311 e. The molecule has 0 bridgehead atoms. The van der Waals surface area contributed by atoms with Crippen LogP contribution >= 0.6 is 0 Å². The van der Waals surface area contributed by atoms with Gasteiger partial charge in [-0.2, -0.15) is 5.10 Å². The second kappa shape index (κ2) is 6.31. The molecule has 0 unspecified atom stereocenters. The molecule has 0 radical (unpaired) electrons. The first-order valence-electron chi connectivity index (χ1n) is 7.82. The molecule has 1 amide bonds. The van der Waals surface area contributed by atoms with E-state index in [4.69, 9.17) is 4.74 Å². The molecule has 2 heterocycles. The maximum Gasteiger partial charge on any atom is 0.311 e. The van der Waals surface area contributed by atoms with Gasteiger partial charge in [-0.05, 0) is 40.5 Å². The van der Waals surface area contributed by atoms with E-state index in [9.17, 15) is 14.7 Å². The minimum atomic E-state index is -0.943. The van der Waals surface area contributed by atoms with Crippen LogP contribution in [0, 0.1) is 12.3 Å². The molecule has 1 saturated heterocycles. The lowest BCUT2D eigenvalue weighted by atomic mass is 9.80. The lowest BCUT2D eigenvalue weighted by Crippen LogP contribution is -2.46. The number of hydrogen-bond acceptors (Lipinski definition) is 4. The Hall–Kier alpha value is -1.89. The van der Waals surface area contributed by atoms with Crippen molar-refractivity contribution in [3.63, 3.8) is 0 Å². The zero-order valence-electron chi connectivity index (χ0n) is 14.2. The number of amides is 1. The van der Waals surface area contributed by atoms with Crippen LogP contribution in [0.3, 0.4) is 0 Å². The van der Waals surface area contributed by atoms with Crippen molar-refractivity contribution in [1.29, 1.82) is 0 Å². The van der Waals surface area contributed by atoms with Gasteiger partial charge in [0.15, 0.2) is 0 Å². The molecule has 7 nitrogen and oxygen atoms in total. The molecule has 1 fully saturated rings. The van der Waals surface area contributed by atoms with Crippen molar-refractivity contribution in [2.45, 2.75) is 46.1 Å². The monoisotopic (exact) mass is 323 g/mol. The van der Waals surface area contributed by atoms with Crippen LogP contribution < -0.4 is 5.32 Å². The van der Waals surface area contributed by atoms with Crippen LogP contribution in [-0.4, -0.2) is 46.5 Å². The van der Waals surface area contributed by atoms with Gasteiger partial charge in [-0.3, -0.25) is 14.3 Å². The molecule has 2 N–H and O–H groups in total. The SMILES string of the molecule is Cc1c(C(=O)NCC2(C(=O)O)CCOCC2)cnn1C(C)(C)C. The van der Waals surface area contributed by atoms with Crippen molar-refractivity contribution in [2.75, 3.05) is 19.8 Å². The first-order chi connectivity index (χ1) is 10.7. The van der Waals surface area contributed by atoms with E-state index in [0.717, 1.165) is 5.69 Å². The van der Waals surface area contributed by atoms with Gasteiger partial charge in [0.25, 0.3) is 5.91 Å². The first kappa shape index (κ1) is 17.5. The highest BCUT2D eigenvalue weighted by atomic mass is 16.5. The topological polar surface area (TPSA) is 93.5 Å². The van der Waals surface area contributed by atoms with Crippen molar-refractivity contribution in [3.8, 4) is 0 Å². The number of carbonyl (C=O) groups excluding carboxylic acids is 1. The third-order valence-electron chi connectivity index (χ3n) is 4.38. The maximum atomic E-state index is 12.4. The molecule has 0 spiro atoms. The summed E-state index contributed by atoms with van der Waals surface area (Å²) in [6.45, 7) is 8.79. The van der Waals surface area contributed by atoms with Crippen LogP contribution in [0.1, 0.15) is 49.7 Å². The quantitative estimate of drug-likeness (QED) is 0.877.